The highest BCUT2D eigenvalue weighted by Crippen LogP contribution is 2.21. The van der Waals surface area contributed by atoms with Crippen molar-refractivity contribution in [3.8, 4) is 0 Å². The zero-order valence-corrected chi connectivity index (χ0v) is 9.68. The van der Waals surface area contributed by atoms with E-state index in [4.69, 9.17) is 4.74 Å². The molecule has 13 heavy (non-hydrogen) atoms. The van der Waals surface area contributed by atoms with Crippen molar-refractivity contribution in [3.05, 3.63) is 0 Å². The zero-order valence-electron chi connectivity index (χ0n) is 9.68. The standard InChI is InChI=1S/C9H19NO.C2H6/c1-10(8-11-2)9-6-4-3-5-7-9;1-2/h9H,3-8H2,1-2H3;1-2H3. The Morgan fingerprint density at radius 2 is 1.69 bits per heavy atom. The average Bonchev–Trinajstić information content (AvgIpc) is 2.23. The number of hydrogen-bond donors (Lipinski definition) is 0. The Balaban J connectivity index is 0.000000671. The van der Waals surface area contributed by atoms with Gasteiger partial charge in [-0.25, -0.2) is 0 Å². The van der Waals surface area contributed by atoms with E-state index in [-0.39, 0.29) is 0 Å². The third-order valence-corrected chi connectivity index (χ3v) is 2.53. The van der Waals surface area contributed by atoms with Crippen LogP contribution in [0.25, 0.3) is 0 Å². The molecule has 0 aromatic carbocycles. The predicted octanol–water partition coefficient (Wildman–Crippen LogP) is 2.88. The van der Waals surface area contributed by atoms with Crippen LogP contribution < -0.4 is 0 Å². The Morgan fingerprint density at radius 1 is 1.15 bits per heavy atom. The molecule has 0 bridgehead atoms. The van der Waals surface area contributed by atoms with Crippen LogP contribution in [0.2, 0.25) is 0 Å². The second kappa shape index (κ2) is 8.52. The molecule has 0 aliphatic heterocycles. The van der Waals surface area contributed by atoms with Crippen LogP contribution in [-0.4, -0.2) is 31.8 Å². The summed E-state index contributed by atoms with van der Waals surface area (Å²) in [6.07, 6.45) is 6.95. The summed E-state index contributed by atoms with van der Waals surface area (Å²) in [5, 5.41) is 0. The van der Waals surface area contributed by atoms with Crippen molar-refractivity contribution in [3.63, 3.8) is 0 Å². The molecule has 0 heterocycles. The number of nitrogens with zero attached hydrogens (tertiary/aromatic N) is 1. The topological polar surface area (TPSA) is 12.5 Å². The fraction of sp³-hybridized carbons (Fsp3) is 1.00. The Labute approximate surface area is 83.3 Å². The van der Waals surface area contributed by atoms with Crippen LogP contribution in [0.3, 0.4) is 0 Å². The van der Waals surface area contributed by atoms with Gasteiger partial charge in [-0.3, -0.25) is 4.90 Å². The first-order valence-corrected chi connectivity index (χ1v) is 5.54. The average molecular weight is 187 g/mol. The highest BCUT2D eigenvalue weighted by Gasteiger charge is 2.16. The highest BCUT2D eigenvalue weighted by molar-refractivity contribution is 4.71. The van der Waals surface area contributed by atoms with Gasteiger partial charge in [0, 0.05) is 13.2 Å². The fourth-order valence-electron chi connectivity index (χ4n) is 1.83. The van der Waals surface area contributed by atoms with Crippen molar-refractivity contribution in [1.29, 1.82) is 0 Å². The Morgan fingerprint density at radius 3 is 2.15 bits per heavy atom. The van der Waals surface area contributed by atoms with Gasteiger partial charge in [0.05, 0.1) is 6.73 Å². The molecule has 80 valence electrons. The molecule has 1 fully saturated rings. The maximum Gasteiger partial charge on any atom is 0.0986 e. The quantitative estimate of drug-likeness (QED) is 0.630. The number of rotatable bonds is 3. The lowest BCUT2D eigenvalue weighted by atomic mass is 9.95. The van der Waals surface area contributed by atoms with E-state index in [9.17, 15) is 0 Å². The highest BCUT2D eigenvalue weighted by atomic mass is 16.5. The van der Waals surface area contributed by atoms with E-state index in [0.29, 0.717) is 0 Å². The van der Waals surface area contributed by atoms with Gasteiger partial charge in [0.15, 0.2) is 0 Å². The Kier molecular flexibility index (Phi) is 8.46. The van der Waals surface area contributed by atoms with E-state index in [0.717, 1.165) is 12.8 Å². The van der Waals surface area contributed by atoms with Gasteiger partial charge < -0.3 is 4.74 Å². The van der Waals surface area contributed by atoms with Crippen LogP contribution in [0, 0.1) is 0 Å². The van der Waals surface area contributed by atoms with Crippen molar-refractivity contribution in [2.45, 2.75) is 52.0 Å². The van der Waals surface area contributed by atoms with Crippen LogP contribution in [0.5, 0.6) is 0 Å². The second-order valence-electron chi connectivity index (χ2n) is 3.47. The van der Waals surface area contributed by atoms with Crippen molar-refractivity contribution in [2.24, 2.45) is 0 Å². The predicted molar refractivity (Wildman–Crippen MR) is 57.9 cm³/mol. The lowest BCUT2D eigenvalue weighted by Gasteiger charge is -2.30. The van der Waals surface area contributed by atoms with Gasteiger partial charge in [-0.1, -0.05) is 33.1 Å². The molecule has 0 atom stereocenters. The molecule has 0 aromatic rings. The van der Waals surface area contributed by atoms with Crippen LogP contribution >= 0.6 is 0 Å². The lowest BCUT2D eigenvalue weighted by Crippen LogP contribution is -2.34. The van der Waals surface area contributed by atoms with Gasteiger partial charge in [-0.15, -0.1) is 0 Å². The molecule has 2 heteroatoms. The van der Waals surface area contributed by atoms with Crippen LogP contribution in [0.15, 0.2) is 0 Å². The summed E-state index contributed by atoms with van der Waals surface area (Å²) >= 11 is 0. The van der Waals surface area contributed by atoms with Crippen molar-refractivity contribution >= 4 is 0 Å². The summed E-state index contributed by atoms with van der Waals surface area (Å²) in [7, 11) is 3.92. The van der Waals surface area contributed by atoms with Gasteiger partial charge in [0.2, 0.25) is 0 Å². The SMILES string of the molecule is CC.COCN(C)C1CCCCC1. The zero-order chi connectivity index (χ0) is 10.1. The number of methoxy groups -OCH3 is 1. The van der Waals surface area contributed by atoms with Crippen molar-refractivity contribution < 1.29 is 4.74 Å². The van der Waals surface area contributed by atoms with E-state index in [1.54, 1.807) is 7.11 Å². The molecular formula is C11H25NO. The van der Waals surface area contributed by atoms with Crippen LogP contribution in [0.4, 0.5) is 0 Å². The van der Waals surface area contributed by atoms with Gasteiger partial charge in [0.1, 0.15) is 0 Å². The summed E-state index contributed by atoms with van der Waals surface area (Å²) in [6.45, 7) is 4.78. The molecule has 0 aromatic heterocycles. The largest absolute Gasteiger partial charge is 0.369 e. The molecule has 0 saturated heterocycles. The molecule has 2 nitrogen and oxygen atoms in total. The molecule has 1 aliphatic carbocycles. The van der Waals surface area contributed by atoms with Gasteiger partial charge in [-0.2, -0.15) is 0 Å². The molecule has 0 spiro atoms. The first kappa shape index (κ1) is 12.9. The minimum atomic E-state index is 0.781. The van der Waals surface area contributed by atoms with Crippen LogP contribution in [0.1, 0.15) is 46.0 Å². The molecule has 1 rings (SSSR count). The smallest absolute Gasteiger partial charge is 0.0986 e. The number of hydrogen-bond acceptors (Lipinski definition) is 2. The molecule has 0 N–H and O–H groups in total. The van der Waals surface area contributed by atoms with E-state index in [1.807, 2.05) is 13.8 Å². The summed E-state index contributed by atoms with van der Waals surface area (Å²) in [5.41, 5.74) is 0. The maximum absolute atomic E-state index is 5.08. The van der Waals surface area contributed by atoms with E-state index in [2.05, 4.69) is 11.9 Å². The van der Waals surface area contributed by atoms with Crippen molar-refractivity contribution in [2.75, 3.05) is 20.9 Å². The van der Waals surface area contributed by atoms with E-state index < -0.39 is 0 Å². The third kappa shape index (κ3) is 5.27. The normalized spacial score (nSPS) is 18.2. The van der Waals surface area contributed by atoms with Crippen molar-refractivity contribution in [1.82, 2.24) is 4.90 Å². The maximum atomic E-state index is 5.08. The summed E-state index contributed by atoms with van der Waals surface area (Å²) in [6, 6.07) is 0.781. The molecule has 1 saturated carbocycles. The summed E-state index contributed by atoms with van der Waals surface area (Å²) < 4.78 is 5.08. The Bertz CT molecular complexity index is 100. The lowest BCUT2D eigenvalue weighted by molar-refractivity contribution is 0.0411. The van der Waals surface area contributed by atoms with E-state index in [1.165, 1.54) is 32.1 Å². The molecular weight excluding hydrogens is 162 g/mol. The van der Waals surface area contributed by atoms with Gasteiger partial charge >= 0.3 is 0 Å². The minimum absolute atomic E-state index is 0.781. The third-order valence-electron chi connectivity index (χ3n) is 2.53. The fourth-order valence-corrected chi connectivity index (χ4v) is 1.83. The molecule has 1 aliphatic rings. The first-order valence-electron chi connectivity index (χ1n) is 5.54. The summed E-state index contributed by atoms with van der Waals surface area (Å²) in [4.78, 5) is 2.32. The van der Waals surface area contributed by atoms with Crippen LogP contribution in [-0.2, 0) is 4.74 Å². The second-order valence-corrected chi connectivity index (χ2v) is 3.47. The first-order chi connectivity index (χ1) is 6.34. The van der Waals surface area contributed by atoms with E-state index >= 15 is 0 Å². The van der Waals surface area contributed by atoms with Gasteiger partial charge in [-0.05, 0) is 19.9 Å². The monoisotopic (exact) mass is 187 g/mol. The number of ether oxygens (including phenoxy) is 1. The summed E-state index contributed by atoms with van der Waals surface area (Å²) in [5.74, 6) is 0. The minimum Gasteiger partial charge on any atom is -0.369 e. The molecule has 0 radical (unpaired) electrons. The molecule has 0 unspecified atom stereocenters. The molecule has 0 amide bonds. The Hall–Kier alpha value is -0.0800. The van der Waals surface area contributed by atoms with Gasteiger partial charge in [0.25, 0.3) is 0 Å².